The molecule has 0 aromatic rings. The highest BCUT2D eigenvalue weighted by Gasteiger charge is 2.58. The van der Waals surface area contributed by atoms with Gasteiger partial charge in [-0.15, -0.1) is 0 Å². The minimum absolute atomic E-state index is 0.0986. The van der Waals surface area contributed by atoms with Gasteiger partial charge in [0.2, 0.25) is 0 Å². The number of carbonyl (C=O) groups is 1. The van der Waals surface area contributed by atoms with Crippen molar-refractivity contribution in [3.8, 4) is 0 Å². The molecule has 0 aliphatic carbocycles. The number of rotatable bonds is 3. The van der Waals surface area contributed by atoms with Crippen LogP contribution < -0.4 is 0 Å². The maximum absolute atomic E-state index is 12.5. The molecule has 3 saturated heterocycles. The van der Waals surface area contributed by atoms with Gasteiger partial charge in [0.25, 0.3) is 0 Å². The SMILES string of the molecule is COC[C@]1(CO)C(=O)[C@H]2CCN1[C@H](C(C)(C)C)C2. The first-order valence-corrected chi connectivity index (χ1v) is 6.77. The molecule has 1 N–H and O–H groups in total. The Labute approximate surface area is 109 Å². The summed E-state index contributed by atoms with van der Waals surface area (Å²) in [4.78, 5) is 14.7. The number of Topliss-reactive ketones (excluding diaryl/α,β-unsaturated/α-hetero) is 1. The Hall–Kier alpha value is -0.450. The zero-order valence-corrected chi connectivity index (χ0v) is 11.9. The summed E-state index contributed by atoms with van der Waals surface area (Å²) in [6.07, 6.45) is 1.85. The fourth-order valence-corrected chi connectivity index (χ4v) is 3.67. The fraction of sp³-hybridized carbons (Fsp3) is 0.929. The molecule has 3 fully saturated rings. The summed E-state index contributed by atoms with van der Waals surface area (Å²) in [6.45, 7) is 7.67. The van der Waals surface area contributed by atoms with E-state index in [1.165, 1.54) is 0 Å². The van der Waals surface area contributed by atoms with Crippen LogP contribution in [-0.2, 0) is 9.53 Å². The zero-order valence-electron chi connectivity index (χ0n) is 11.9. The third-order valence-corrected chi connectivity index (χ3v) is 4.63. The summed E-state index contributed by atoms with van der Waals surface area (Å²) in [6, 6.07) is 0.344. The van der Waals surface area contributed by atoms with E-state index in [9.17, 15) is 9.90 Å². The van der Waals surface area contributed by atoms with Crippen LogP contribution in [0.5, 0.6) is 0 Å². The highest BCUT2D eigenvalue weighted by atomic mass is 16.5. The lowest BCUT2D eigenvalue weighted by Gasteiger charge is -2.59. The molecule has 3 rings (SSSR count). The zero-order chi connectivity index (χ0) is 13.6. The number of methoxy groups -OCH3 is 1. The Morgan fingerprint density at radius 3 is 2.67 bits per heavy atom. The van der Waals surface area contributed by atoms with Crippen molar-refractivity contribution >= 4 is 5.78 Å². The molecule has 104 valence electrons. The van der Waals surface area contributed by atoms with E-state index in [2.05, 4.69) is 25.7 Å². The molecule has 3 aliphatic heterocycles. The summed E-state index contributed by atoms with van der Waals surface area (Å²) < 4.78 is 5.24. The molecule has 2 bridgehead atoms. The summed E-state index contributed by atoms with van der Waals surface area (Å²) >= 11 is 0. The van der Waals surface area contributed by atoms with Gasteiger partial charge in [-0.1, -0.05) is 20.8 Å². The van der Waals surface area contributed by atoms with Gasteiger partial charge in [-0.3, -0.25) is 9.69 Å². The third kappa shape index (κ3) is 1.91. The molecule has 18 heavy (non-hydrogen) atoms. The molecule has 1 unspecified atom stereocenters. The van der Waals surface area contributed by atoms with Crippen molar-refractivity contribution in [2.24, 2.45) is 11.3 Å². The van der Waals surface area contributed by atoms with Crippen LogP contribution in [0, 0.1) is 11.3 Å². The van der Waals surface area contributed by atoms with Crippen molar-refractivity contribution in [1.82, 2.24) is 4.90 Å². The predicted octanol–water partition coefficient (Wildman–Crippen LogP) is 1.07. The second-order valence-electron chi connectivity index (χ2n) is 6.78. The maximum atomic E-state index is 12.5. The van der Waals surface area contributed by atoms with Gasteiger partial charge in [0.1, 0.15) is 5.54 Å². The number of piperidine rings is 3. The van der Waals surface area contributed by atoms with Crippen molar-refractivity contribution in [2.45, 2.75) is 45.2 Å². The fourth-order valence-electron chi connectivity index (χ4n) is 3.67. The topological polar surface area (TPSA) is 49.8 Å². The molecule has 0 aromatic heterocycles. The normalized spacial score (nSPS) is 40.3. The van der Waals surface area contributed by atoms with Crippen LogP contribution in [0.3, 0.4) is 0 Å². The van der Waals surface area contributed by atoms with Crippen molar-refractivity contribution in [1.29, 1.82) is 0 Å². The van der Waals surface area contributed by atoms with Gasteiger partial charge in [0.05, 0.1) is 13.2 Å². The molecule has 0 saturated carbocycles. The number of hydrogen-bond donors (Lipinski definition) is 1. The van der Waals surface area contributed by atoms with E-state index in [1.54, 1.807) is 7.11 Å². The van der Waals surface area contributed by atoms with E-state index in [0.29, 0.717) is 12.6 Å². The van der Waals surface area contributed by atoms with Gasteiger partial charge in [0, 0.05) is 25.6 Å². The van der Waals surface area contributed by atoms with Crippen LogP contribution in [0.4, 0.5) is 0 Å². The molecule has 4 heteroatoms. The Morgan fingerprint density at radius 2 is 2.17 bits per heavy atom. The molecular weight excluding hydrogens is 230 g/mol. The number of aliphatic hydroxyl groups is 1. The number of ketones is 1. The predicted molar refractivity (Wildman–Crippen MR) is 69.4 cm³/mol. The van der Waals surface area contributed by atoms with Crippen molar-refractivity contribution in [3.05, 3.63) is 0 Å². The van der Waals surface area contributed by atoms with Gasteiger partial charge in [-0.2, -0.15) is 0 Å². The van der Waals surface area contributed by atoms with Crippen molar-refractivity contribution in [3.63, 3.8) is 0 Å². The Bertz CT molecular complexity index is 336. The number of nitrogens with zero attached hydrogens (tertiary/aromatic N) is 1. The number of carbonyl (C=O) groups excluding carboxylic acids is 1. The van der Waals surface area contributed by atoms with Gasteiger partial charge >= 0.3 is 0 Å². The summed E-state index contributed by atoms with van der Waals surface area (Å²) in [5, 5.41) is 9.81. The number of ether oxygens (including phenoxy) is 1. The molecule has 3 heterocycles. The molecule has 0 amide bonds. The Morgan fingerprint density at radius 1 is 1.50 bits per heavy atom. The highest BCUT2D eigenvalue weighted by Crippen LogP contribution is 2.45. The molecule has 4 atom stereocenters. The van der Waals surface area contributed by atoms with Crippen molar-refractivity contribution < 1.29 is 14.6 Å². The van der Waals surface area contributed by atoms with Crippen LogP contribution >= 0.6 is 0 Å². The largest absolute Gasteiger partial charge is 0.394 e. The van der Waals surface area contributed by atoms with E-state index in [-0.39, 0.29) is 23.7 Å². The van der Waals surface area contributed by atoms with Crippen LogP contribution in [0.1, 0.15) is 33.6 Å². The van der Waals surface area contributed by atoms with Gasteiger partial charge < -0.3 is 9.84 Å². The molecule has 0 spiro atoms. The number of hydrogen-bond acceptors (Lipinski definition) is 4. The van der Waals surface area contributed by atoms with Gasteiger partial charge in [-0.25, -0.2) is 0 Å². The maximum Gasteiger partial charge on any atom is 0.161 e. The number of aliphatic hydroxyl groups excluding tert-OH is 1. The second kappa shape index (κ2) is 4.58. The highest BCUT2D eigenvalue weighted by molar-refractivity contribution is 5.92. The Balaban J connectivity index is 2.37. The lowest BCUT2D eigenvalue weighted by molar-refractivity contribution is -0.173. The van der Waals surface area contributed by atoms with E-state index >= 15 is 0 Å². The summed E-state index contributed by atoms with van der Waals surface area (Å²) in [5.41, 5.74) is -0.679. The molecule has 0 aromatic carbocycles. The monoisotopic (exact) mass is 255 g/mol. The molecule has 3 aliphatic rings. The van der Waals surface area contributed by atoms with Crippen LogP contribution in [-0.4, -0.2) is 54.2 Å². The lowest BCUT2D eigenvalue weighted by atomic mass is 9.65. The minimum atomic E-state index is -0.798. The van der Waals surface area contributed by atoms with Crippen LogP contribution in [0.25, 0.3) is 0 Å². The van der Waals surface area contributed by atoms with E-state index < -0.39 is 5.54 Å². The minimum Gasteiger partial charge on any atom is -0.394 e. The van der Waals surface area contributed by atoms with E-state index in [0.717, 1.165) is 19.4 Å². The van der Waals surface area contributed by atoms with E-state index in [1.807, 2.05) is 0 Å². The summed E-state index contributed by atoms with van der Waals surface area (Å²) in [7, 11) is 1.60. The van der Waals surface area contributed by atoms with E-state index in [4.69, 9.17) is 4.74 Å². The van der Waals surface area contributed by atoms with Crippen LogP contribution in [0.2, 0.25) is 0 Å². The number of fused-ring (bicyclic) bond motifs is 3. The first-order chi connectivity index (χ1) is 8.36. The molecular formula is C14H25NO3. The lowest BCUT2D eigenvalue weighted by Crippen LogP contribution is -2.73. The third-order valence-electron chi connectivity index (χ3n) is 4.63. The average molecular weight is 255 g/mol. The van der Waals surface area contributed by atoms with Gasteiger partial charge in [0.15, 0.2) is 5.78 Å². The standard InChI is InChI=1S/C14H25NO3/c1-13(2,3)11-7-10-5-6-15(11)14(8-16,9-18-4)12(10)17/h10-11,16H,5-9H2,1-4H3/t10-,11-,14+/m0/s1. The van der Waals surface area contributed by atoms with Crippen molar-refractivity contribution in [2.75, 3.05) is 26.9 Å². The Kier molecular flexibility index (Phi) is 3.56. The molecule has 4 nitrogen and oxygen atoms in total. The molecule has 0 radical (unpaired) electrons. The quantitative estimate of drug-likeness (QED) is 0.819. The first kappa shape index (κ1) is 14.0. The average Bonchev–Trinajstić information content (AvgIpc) is 2.32. The summed E-state index contributed by atoms with van der Waals surface area (Å²) in [5.74, 6) is 0.278. The van der Waals surface area contributed by atoms with Gasteiger partial charge in [-0.05, 0) is 18.3 Å². The van der Waals surface area contributed by atoms with Crippen LogP contribution in [0.15, 0.2) is 0 Å². The second-order valence-corrected chi connectivity index (χ2v) is 6.78. The smallest absolute Gasteiger partial charge is 0.161 e. The first-order valence-electron chi connectivity index (χ1n) is 6.77.